The van der Waals surface area contributed by atoms with Crippen molar-refractivity contribution in [2.24, 2.45) is 0 Å². The first-order valence-electron chi connectivity index (χ1n) is 8.39. The summed E-state index contributed by atoms with van der Waals surface area (Å²) in [5.41, 5.74) is 0.600. The van der Waals surface area contributed by atoms with E-state index in [2.05, 4.69) is 43.2 Å². The average Bonchev–Trinajstić information content (AvgIpc) is 2.53. The van der Waals surface area contributed by atoms with E-state index in [1.807, 2.05) is 24.3 Å². The van der Waals surface area contributed by atoms with Gasteiger partial charge in [-0.15, -0.1) is 0 Å². The number of amides is 2. The first kappa shape index (κ1) is 18.5. The molecule has 2 amide bonds. The molecule has 2 N–H and O–H groups in total. The highest BCUT2D eigenvalue weighted by Gasteiger charge is 2.33. The van der Waals surface area contributed by atoms with E-state index in [1.165, 1.54) is 0 Å². The summed E-state index contributed by atoms with van der Waals surface area (Å²) in [5, 5.41) is 5.80. The number of hydrogen-bond donors (Lipinski definition) is 2. The smallest absolute Gasteiger partial charge is 0.319 e. The second kappa shape index (κ2) is 7.85. The second-order valence-corrected chi connectivity index (χ2v) is 7.01. The Morgan fingerprint density at radius 1 is 1.25 bits per heavy atom. The van der Waals surface area contributed by atoms with Gasteiger partial charge in [-0.3, -0.25) is 4.90 Å². The number of carbonyl (C=O) groups excluding carboxylic acids is 1. The molecule has 0 radical (unpaired) electrons. The number of hydrogen-bond acceptors (Lipinski definition) is 4. The molecule has 1 fully saturated rings. The van der Waals surface area contributed by atoms with Crippen molar-refractivity contribution in [3.8, 4) is 5.75 Å². The van der Waals surface area contributed by atoms with Gasteiger partial charge >= 0.3 is 6.03 Å². The zero-order chi connectivity index (χ0) is 17.7. The van der Waals surface area contributed by atoms with Gasteiger partial charge in [0.25, 0.3) is 0 Å². The molecule has 1 aromatic rings. The van der Waals surface area contributed by atoms with Crippen molar-refractivity contribution in [1.82, 2.24) is 10.2 Å². The zero-order valence-corrected chi connectivity index (χ0v) is 15.3. The third kappa shape index (κ3) is 5.11. The van der Waals surface area contributed by atoms with Crippen molar-refractivity contribution in [3.05, 3.63) is 24.3 Å². The van der Waals surface area contributed by atoms with Crippen LogP contribution in [0, 0.1) is 0 Å². The molecule has 2 atom stereocenters. The topological polar surface area (TPSA) is 62.8 Å². The van der Waals surface area contributed by atoms with Crippen molar-refractivity contribution < 1.29 is 14.3 Å². The Kier molecular flexibility index (Phi) is 6.07. The van der Waals surface area contributed by atoms with E-state index in [4.69, 9.17) is 9.47 Å². The van der Waals surface area contributed by atoms with Gasteiger partial charge in [-0.25, -0.2) is 4.79 Å². The summed E-state index contributed by atoms with van der Waals surface area (Å²) in [6.07, 6.45) is 0.419. The van der Waals surface area contributed by atoms with Crippen molar-refractivity contribution in [2.75, 3.05) is 32.1 Å². The number of nitrogens with one attached hydrogen (secondary N) is 2. The minimum Gasteiger partial charge on any atom is -0.497 e. The van der Waals surface area contributed by atoms with Crippen LogP contribution in [-0.4, -0.2) is 55.4 Å². The highest BCUT2D eigenvalue weighted by Crippen LogP contribution is 2.21. The summed E-state index contributed by atoms with van der Waals surface area (Å²) >= 11 is 0. The number of benzene rings is 1. The Labute approximate surface area is 144 Å². The van der Waals surface area contributed by atoms with E-state index in [9.17, 15) is 4.79 Å². The molecule has 1 saturated heterocycles. The van der Waals surface area contributed by atoms with E-state index >= 15 is 0 Å². The number of rotatable bonds is 5. The standard InChI is InChI=1S/C18H29N3O3/c1-13-10-21(11-14(2)24-13)18(3,4)12-19-17(22)20-15-6-8-16(23-5)9-7-15/h6-9,13-14H,10-12H2,1-5H3,(H2,19,20,22)/t13-,14-/m1/s1. The number of nitrogens with zero attached hydrogens (tertiary/aromatic N) is 1. The van der Waals surface area contributed by atoms with Gasteiger partial charge in [0.05, 0.1) is 19.3 Å². The fourth-order valence-corrected chi connectivity index (χ4v) is 2.93. The van der Waals surface area contributed by atoms with Gasteiger partial charge in [-0.2, -0.15) is 0 Å². The van der Waals surface area contributed by atoms with E-state index in [-0.39, 0.29) is 23.8 Å². The number of morpholine rings is 1. The molecule has 1 aliphatic rings. The number of ether oxygens (including phenoxy) is 2. The van der Waals surface area contributed by atoms with Gasteiger partial charge < -0.3 is 20.1 Å². The predicted octanol–water partition coefficient (Wildman–Crippen LogP) is 2.70. The summed E-state index contributed by atoms with van der Waals surface area (Å²) in [6, 6.07) is 7.05. The lowest BCUT2D eigenvalue weighted by Crippen LogP contribution is -2.58. The molecule has 1 aliphatic heterocycles. The van der Waals surface area contributed by atoms with E-state index < -0.39 is 0 Å². The Morgan fingerprint density at radius 3 is 2.38 bits per heavy atom. The van der Waals surface area contributed by atoms with Crippen LogP contribution in [-0.2, 0) is 4.74 Å². The van der Waals surface area contributed by atoms with E-state index in [0.717, 1.165) is 24.5 Å². The van der Waals surface area contributed by atoms with Gasteiger partial charge in [-0.05, 0) is 52.0 Å². The van der Waals surface area contributed by atoms with E-state index in [1.54, 1.807) is 7.11 Å². The molecule has 24 heavy (non-hydrogen) atoms. The van der Waals surface area contributed by atoms with Crippen LogP contribution in [0.1, 0.15) is 27.7 Å². The summed E-state index contributed by atoms with van der Waals surface area (Å²) in [7, 11) is 1.62. The Morgan fingerprint density at radius 2 is 1.83 bits per heavy atom. The summed E-state index contributed by atoms with van der Waals surface area (Å²) < 4.78 is 10.9. The van der Waals surface area contributed by atoms with Crippen LogP contribution in [0.2, 0.25) is 0 Å². The quantitative estimate of drug-likeness (QED) is 0.868. The van der Waals surface area contributed by atoms with Crippen LogP contribution in [0.3, 0.4) is 0 Å². The number of anilines is 1. The molecule has 0 bridgehead atoms. The highest BCUT2D eigenvalue weighted by molar-refractivity contribution is 5.89. The Balaban J connectivity index is 1.85. The van der Waals surface area contributed by atoms with Crippen LogP contribution in [0.25, 0.3) is 0 Å². The highest BCUT2D eigenvalue weighted by atomic mass is 16.5. The SMILES string of the molecule is COc1ccc(NC(=O)NCC(C)(C)N2C[C@@H](C)O[C@H](C)C2)cc1. The monoisotopic (exact) mass is 335 g/mol. The van der Waals surface area contributed by atoms with Crippen molar-refractivity contribution >= 4 is 11.7 Å². The van der Waals surface area contributed by atoms with Crippen LogP contribution >= 0.6 is 0 Å². The van der Waals surface area contributed by atoms with Crippen molar-refractivity contribution in [3.63, 3.8) is 0 Å². The van der Waals surface area contributed by atoms with E-state index in [0.29, 0.717) is 6.54 Å². The minimum absolute atomic E-state index is 0.135. The Bertz CT molecular complexity index is 535. The Hall–Kier alpha value is -1.79. The molecule has 6 nitrogen and oxygen atoms in total. The van der Waals surface area contributed by atoms with Crippen molar-refractivity contribution in [1.29, 1.82) is 0 Å². The number of methoxy groups -OCH3 is 1. The molecular formula is C18H29N3O3. The van der Waals surface area contributed by atoms with Crippen LogP contribution in [0.15, 0.2) is 24.3 Å². The summed E-state index contributed by atoms with van der Waals surface area (Å²) in [4.78, 5) is 14.5. The largest absolute Gasteiger partial charge is 0.497 e. The maximum absolute atomic E-state index is 12.1. The molecule has 0 aromatic heterocycles. The van der Waals surface area contributed by atoms with Crippen LogP contribution in [0.5, 0.6) is 5.75 Å². The summed E-state index contributed by atoms with van der Waals surface area (Å²) in [6.45, 7) is 10.8. The maximum atomic E-state index is 12.1. The third-order valence-corrected chi connectivity index (χ3v) is 4.31. The zero-order valence-electron chi connectivity index (χ0n) is 15.3. The molecule has 2 rings (SSSR count). The second-order valence-electron chi connectivity index (χ2n) is 7.01. The number of carbonyl (C=O) groups is 1. The number of urea groups is 1. The van der Waals surface area contributed by atoms with Gasteiger partial charge in [0.15, 0.2) is 0 Å². The van der Waals surface area contributed by atoms with Crippen LogP contribution in [0.4, 0.5) is 10.5 Å². The summed E-state index contributed by atoms with van der Waals surface area (Å²) in [5.74, 6) is 0.762. The predicted molar refractivity (Wildman–Crippen MR) is 95.7 cm³/mol. The molecule has 0 saturated carbocycles. The molecule has 134 valence electrons. The van der Waals surface area contributed by atoms with Crippen molar-refractivity contribution in [2.45, 2.75) is 45.4 Å². The van der Waals surface area contributed by atoms with Gasteiger partial charge in [0.2, 0.25) is 0 Å². The van der Waals surface area contributed by atoms with Gasteiger partial charge in [0.1, 0.15) is 5.75 Å². The minimum atomic E-state index is -0.206. The fourth-order valence-electron chi connectivity index (χ4n) is 2.93. The lowest BCUT2D eigenvalue weighted by molar-refractivity contribution is -0.0947. The lowest BCUT2D eigenvalue weighted by Gasteiger charge is -2.45. The fraction of sp³-hybridized carbons (Fsp3) is 0.611. The molecule has 1 aromatic carbocycles. The normalized spacial score (nSPS) is 22.0. The maximum Gasteiger partial charge on any atom is 0.319 e. The molecule has 1 heterocycles. The first-order chi connectivity index (χ1) is 11.3. The average molecular weight is 335 g/mol. The van der Waals surface area contributed by atoms with Gasteiger partial charge in [0, 0.05) is 30.9 Å². The molecule has 0 aliphatic carbocycles. The molecular weight excluding hydrogens is 306 g/mol. The van der Waals surface area contributed by atoms with Gasteiger partial charge in [-0.1, -0.05) is 0 Å². The molecule has 6 heteroatoms. The lowest BCUT2D eigenvalue weighted by atomic mass is 10.00. The first-order valence-corrected chi connectivity index (χ1v) is 8.39. The molecule has 0 unspecified atom stereocenters. The molecule has 0 spiro atoms. The van der Waals surface area contributed by atoms with Crippen LogP contribution < -0.4 is 15.4 Å². The third-order valence-electron chi connectivity index (χ3n) is 4.31.